The first kappa shape index (κ1) is 79.7. The molecule has 10 rings (SSSR count). The number of hydrogen-bond acceptors (Lipinski definition) is 21. The highest BCUT2D eigenvalue weighted by Crippen LogP contribution is 2.35. The number of benzene rings is 6. The summed E-state index contributed by atoms with van der Waals surface area (Å²) < 4.78 is 59.2. The minimum atomic E-state index is -0.531. The third kappa shape index (κ3) is 22.6. The fourth-order valence-corrected chi connectivity index (χ4v) is 11.0. The standard InChI is InChI=1S/C28H34N2O6.C21H22N2O4.C20H26N2O4.C8H9BrO2.H2O/c1-7-35-26(31)23-19-22(29-14-16-30(17-15-29)27(32)36-28(2,3)4)12-11-21(23)10-8-20-9-13-24(33-5)25(18-20)34-6;1-25-18-6-4-15(12-20(18)26-2)19-11-14-3-5-16(13-17(14)21(24)27-19)23-9-7-22-8-10-23;1-6-15-8-9-16(14-17(15)18(23)25-7-2)21-10-12-22(13-11-21)19(24)26-20(3,4)5;1-10-7-4-3-6(9)5-8(7)11-2;/h9,11-13,18-19H,7,14-17H2,1-6H3;3-6,11-13,22H,7-10H2,1-2H3;1,8-9,14H,7,10-13H2,2-5H3;3-5H,1-2H3;1H2/p-1. The Hall–Kier alpha value is -10.3. The number of carbonyl (C=O) groups excluding carboxylic acids is 4. The van der Waals surface area contributed by atoms with Crippen molar-refractivity contribution in [2.45, 2.75) is 66.6 Å². The molecule has 0 bridgehead atoms. The van der Waals surface area contributed by atoms with E-state index in [9.17, 15) is 24.0 Å². The van der Waals surface area contributed by atoms with Crippen molar-refractivity contribution in [1.29, 1.82) is 0 Å². The van der Waals surface area contributed by atoms with Crippen molar-refractivity contribution in [3.05, 3.63) is 158 Å². The van der Waals surface area contributed by atoms with Crippen LogP contribution in [0.2, 0.25) is 0 Å². The zero-order valence-corrected chi connectivity index (χ0v) is 61.6. The van der Waals surface area contributed by atoms with Crippen LogP contribution in [0.25, 0.3) is 22.1 Å². The summed E-state index contributed by atoms with van der Waals surface area (Å²) in [5.74, 6) is 12.3. The van der Waals surface area contributed by atoms with E-state index >= 15 is 0 Å². The quantitative estimate of drug-likeness (QED) is 0.0603. The molecule has 6 aromatic carbocycles. The summed E-state index contributed by atoms with van der Waals surface area (Å²) in [6, 6.07) is 35.3. The molecule has 3 saturated heterocycles. The average Bonchev–Trinajstić information content (AvgIpc) is 0.797. The molecule has 23 nitrogen and oxygen atoms in total. The van der Waals surface area contributed by atoms with E-state index in [0.717, 1.165) is 75.7 Å². The number of nitrogens with one attached hydrogen (secondary N) is 1. The topological polar surface area (TPSA) is 249 Å². The van der Waals surface area contributed by atoms with Gasteiger partial charge in [0.1, 0.15) is 17.0 Å². The van der Waals surface area contributed by atoms with E-state index in [4.69, 9.17) is 58.2 Å². The molecule has 0 radical (unpaired) electrons. The number of halogens is 1. The number of methoxy groups -OCH3 is 6. The van der Waals surface area contributed by atoms with Crippen LogP contribution in [-0.2, 0) is 18.9 Å². The fraction of sp³-hybridized carbons (Fsp3) is 0.390. The Morgan fingerprint density at radius 1 is 0.505 bits per heavy atom. The zero-order valence-electron chi connectivity index (χ0n) is 60.0. The highest BCUT2D eigenvalue weighted by Gasteiger charge is 2.29. The summed E-state index contributed by atoms with van der Waals surface area (Å²) in [6.07, 6.45) is 4.88. The number of hydrogen-bond donors (Lipinski definition) is 1. The lowest BCUT2D eigenvalue weighted by Crippen LogP contribution is -2.50. The minimum Gasteiger partial charge on any atom is -0.870 e. The zero-order chi connectivity index (χ0) is 72.7. The first-order chi connectivity index (χ1) is 47.9. The van der Waals surface area contributed by atoms with Gasteiger partial charge in [-0.05, 0) is 170 Å². The van der Waals surface area contributed by atoms with Crippen LogP contribution in [-0.4, -0.2) is 185 Å². The van der Waals surface area contributed by atoms with E-state index in [2.05, 4.69) is 59.8 Å². The number of carbonyl (C=O) groups is 4. The maximum absolute atomic E-state index is 12.8. The van der Waals surface area contributed by atoms with Crippen LogP contribution >= 0.6 is 15.9 Å². The monoisotopic (exact) mass is 1450 g/mol. The van der Waals surface area contributed by atoms with E-state index in [1.54, 1.807) is 109 Å². The summed E-state index contributed by atoms with van der Waals surface area (Å²) in [5.41, 5.74) is 4.79. The Labute approximate surface area is 600 Å². The molecule has 4 heterocycles. The number of anilines is 3. The van der Waals surface area contributed by atoms with Crippen molar-refractivity contribution in [2.75, 3.05) is 149 Å². The Balaban J connectivity index is 0.000000223. The van der Waals surface area contributed by atoms with E-state index in [1.807, 2.05) is 108 Å². The normalized spacial score (nSPS) is 13.4. The van der Waals surface area contributed by atoms with Crippen molar-refractivity contribution < 1.29 is 76.4 Å². The van der Waals surface area contributed by atoms with Crippen molar-refractivity contribution >= 4 is 67.9 Å². The third-order valence-corrected chi connectivity index (χ3v) is 16.2. The molecular weight excluding hydrogens is 1360 g/mol. The lowest BCUT2D eigenvalue weighted by Gasteiger charge is -2.36. The molecule has 24 heteroatoms. The van der Waals surface area contributed by atoms with E-state index < -0.39 is 23.1 Å². The summed E-state index contributed by atoms with van der Waals surface area (Å²) in [7, 11) is 9.54. The lowest BCUT2D eigenvalue weighted by atomic mass is 10.0. The minimum absolute atomic E-state index is 0. The van der Waals surface area contributed by atoms with Gasteiger partial charge in [0.05, 0.1) is 72.4 Å². The predicted molar refractivity (Wildman–Crippen MR) is 394 cm³/mol. The number of terminal acetylenes is 1. The molecule has 7 aromatic rings. The van der Waals surface area contributed by atoms with Gasteiger partial charge in [0, 0.05) is 122 Å². The van der Waals surface area contributed by atoms with Gasteiger partial charge in [0.25, 0.3) is 0 Å². The molecule has 3 aliphatic rings. The molecule has 0 saturated carbocycles. The second-order valence-electron chi connectivity index (χ2n) is 24.7. The number of nitrogens with zero attached hydrogens (tertiary/aromatic N) is 5. The molecule has 0 aliphatic carbocycles. The second-order valence-corrected chi connectivity index (χ2v) is 25.7. The Morgan fingerprint density at radius 3 is 1.43 bits per heavy atom. The Kier molecular flexibility index (Phi) is 29.8. The molecule has 0 atom stereocenters. The average molecular weight is 1450 g/mol. The molecule has 1 aromatic heterocycles. The van der Waals surface area contributed by atoms with Crippen LogP contribution in [0.4, 0.5) is 26.7 Å². The molecule has 2 amide bonds. The number of esters is 2. The number of rotatable bonds is 14. The van der Waals surface area contributed by atoms with Gasteiger partial charge in [-0.3, -0.25) is 0 Å². The first-order valence-corrected chi connectivity index (χ1v) is 33.6. The van der Waals surface area contributed by atoms with Gasteiger partial charge in [-0.1, -0.05) is 39.8 Å². The van der Waals surface area contributed by atoms with Gasteiger partial charge in [-0.25, -0.2) is 24.0 Å². The molecule has 3 fully saturated rings. The van der Waals surface area contributed by atoms with Crippen LogP contribution in [0.15, 0.2) is 129 Å². The SMILES string of the molecule is C#Cc1ccc(N2CCN(C(=O)OC(C)(C)C)CC2)cc1C(=O)OCC.CCOC(=O)c1cc(N2CCN(C(=O)OC(C)(C)C)CC2)ccc1C#Cc1ccc(OC)c(OC)c1.COc1ccc(-c2cc3ccc(N4CCNCC4)cc3c(=O)o2)cc1OC.COc1ccc(Br)cc1OC.[OH-]. The summed E-state index contributed by atoms with van der Waals surface area (Å²) in [4.78, 5) is 72.0. The van der Waals surface area contributed by atoms with Gasteiger partial charge in [-0.15, -0.1) is 6.42 Å². The number of ether oxygens (including phenoxy) is 10. The molecule has 0 spiro atoms. The van der Waals surface area contributed by atoms with Gasteiger partial charge >= 0.3 is 29.8 Å². The number of piperazine rings is 3. The van der Waals surface area contributed by atoms with E-state index in [1.165, 1.54) is 0 Å². The van der Waals surface area contributed by atoms with E-state index in [0.29, 0.717) is 115 Å². The fourth-order valence-electron chi connectivity index (χ4n) is 10.7. The van der Waals surface area contributed by atoms with Gasteiger partial charge in [0.15, 0.2) is 34.5 Å². The summed E-state index contributed by atoms with van der Waals surface area (Å²) in [5, 5.41) is 4.78. The largest absolute Gasteiger partial charge is 0.870 e. The molecule has 3 aliphatic heterocycles. The highest BCUT2D eigenvalue weighted by molar-refractivity contribution is 9.10. The molecule has 540 valence electrons. The van der Waals surface area contributed by atoms with Crippen LogP contribution < -0.4 is 54.1 Å². The first-order valence-electron chi connectivity index (χ1n) is 32.8. The second kappa shape index (κ2) is 37.8. The van der Waals surface area contributed by atoms with E-state index in [-0.39, 0.29) is 29.9 Å². The smallest absolute Gasteiger partial charge is 0.410 e. The van der Waals surface area contributed by atoms with Gasteiger partial charge in [-0.2, -0.15) is 0 Å². The summed E-state index contributed by atoms with van der Waals surface area (Å²) >= 11 is 3.33. The van der Waals surface area contributed by atoms with Crippen LogP contribution in [0.5, 0.6) is 34.5 Å². The molecular formula is C77H92BrN6O17-. The van der Waals surface area contributed by atoms with Crippen molar-refractivity contribution in [3.8, 4) is 70.0 Å². The summed E-state index contributed by atoms with van der Waals surface area (Å²) in [6.45, 7) is 23.7. The maximum Gasteiger partial charge on any atom is 0.410 e. The van der Waals surface area contributed by atoms with Crippen molar-refractivity contribution in [3.63, 3.8) is 0 Å². The lowest BCUT2D eigenvalue weighted by molar-refractivity contribution is 0.0230. The Bertz CT molecular complexity index is 4130. The maximum atomic E-state index is 12.8. The van der Waals surface area contributed by atoms with Crippen LogP contribution in [0.1, 0.15) is 92.8 Å². The van der Waals surface area contributed by atoms with Gasteiger partial charge < -0.3 is 87.1 Å². The molecule has 2 N–H and O–H groups in total. The van der Waals surface area contributed by atoms with Crippen molar-refractivity contribution in [2.24, 2.45) is 0 Å². The van der Waals surface area contributed by atoms with Crippen molar-refractivity contribution in [1.82, 2.24) is 15.1 Å². The van der Waals surface area contributed by atoms with Crippen LogP contribution in [0, 0.1) is 24.2 Å². The number of fused-ring (bicyclic) bond motifs is 1. The molecule has 101 heavy (non-hydrogen) atoms. The third-order valence-electron chi connectivity index (χ3n) is 15.7. The highest BCUT2D eigenvalue weighted by atomic mass is 79.9. The number of amides is 2. The van der Waals surface area contributed by atoms with Crippen LogP contribution in [0.3, 0.4) is 0 Å². The predicted octanol–water partition coefficient (Wildman–Crippen LogP) is 12.4. The Morgan fingerprint density at radius 2 is 0.941 bits per heavy atom. The molecule has 0 unspecified atom stereocenters. The van der Waals surface area contributed by atoms with Gasteiger partial charge in [0.2, 0.25) is 0 Å².